The molecule has 0 aliphatic carbocycles. The van der Waals surface area contributed by atoms with E-state index in [1.54, 1.807) is 12.1 Å². The Hall–Kier alpha value is 0.340. The zero-order chi connectivity index (χ0) is 7.72. The van der Waals surface area contributed by atoms with Crippen LogP contribution in [0, 0.1) is 0 Å². The monoisotopic (exact) mass is 231 g/mol. The molecule has 0 saturated carbocycles. The summed E-state index contributed by atoms with van der Waals surface area (Å²) in [6.07, 6.45) is 0. The van der Waals surface area contributed by atoms with Crippen molar-refractivity contribution in [3.8, 4) is 0 Å². The van der Waals surface area contributed by atoms with Crippen LogP contribution in [0.3, 0.4) is 0 Å². The summed E-state index contributed by atoms with van der Waals surface area (Å²) < 4.78 is 0. The van der Waals surface area contributed by atoms with Gasteiger partial charge in [0.2, 0.25) is 0 Å². The number of halogens is 4. The topological polar surface area (TPSA) is 35.0 Å². The zero-order valence-electron chi connectivity index (χ0n) is 5.37. The summed E-state index contributed by atoms with van der Waals surface area (Å²) >= 11 is 22.5. The molecule has 0 atom stereocenters. The second kappa shape index (κ2) is 4.39. The lowest BCUT2D eigenvalue weighted by Gasteiger charge is -1.98. The van der Waals surface area contributed by atoms with Gasteiger partial charge in [-0.3, -0.25) is 0 Å². The molecule has 1 rings (SSSR count). The molecule has 62 valence electrons. The van der Waals surface area contributed by atoms with Gasteiger partial charge in [-0.2, -0.15) is 0 Å². The normalized spacial score (nSPS) is 9.09. The van der Waals surface area contributed by atoms with Gasteiger partial charge in [0.25, 0.3) is 0 Å². The minimum Gasteiger partial charge on any atom is -0.344 e. The molecule has 1 nitrogen and oxygen atoms in total. The fourth-order valence-corrected chi connectivity index (χ4v) is 1.24. The summed E-state index contributed by atoms with van der Waals surface area (Å²) in [5.41, 5.74) is 0. The van der Waals surface area contributed by atoms with Crippen LogP contribution in [0.5, 0.6) is 0 Å². The van der Waals surface area contributed by atoms with E-state index in [4.69, 9.17) is 46.4 Å². The average Bonchev–Trinajstić information content (AvgIpc) is 1.93. The van der Waals surface area contributed by atoms with E-state index in [0.717, 1.165) is 0 Å². The minimum absolute atomic E-state index is 0. The molecule has 11 heavy (non-hydrogen) atoms. The van der Waals surface area contributed by atoms with Gasteiger partial charge < -0.3 is 6.15 Å². The van der Waals surface area contributed by atoms with E-state index in [9.17, 15) is 0 Å². The van der Waals surface area contributed by atoms with Crippen molar-refractivity contribution in [2.24, 2.45) is 0 Å². The van der Waals surface area contributed by atoms with Gasteiger partial charge >= 0.3 is 0 Å². The van der Waals surface area contributed by atoms with Gasteiger partial charge in [-0.15, -0.1) is 0 Å². The van der Waals surface area contributed by atoms with E-state index >= 15 is 0 Å². The molecule has 0 aliphatic heterocycles. The van der Waals surface area contributed by atoms with Crippen LogP contribution >= 0.6 is 46.4 Å². The van der Waals surface area contributed by atoms with Gasteiger partial charge in [0.15, 0.2) is 0 Å². The zero-order valence-corrected chi connectivity index (χ0v) is 8.40. The van der Waals surface area contributed by atoms with Crippen LogP contribution in [0.2, 0.25) is 20.1 Å². The first-order valence-corrected chi connectivity index (χ1v) is 3.93. The summed E-state index contributed by atoms with van der Waals surface area (Å²) in [7, 11) is 0. The van der Waals surface area contributed by atoms with Gasteiger partial charge in [-0.05, 0) is 12.1 Å². The first-order valence-electron chi connectivity index (χ1n) is 2.42. The molecule has 3 N–H and O–H groups in total. The van der Waals surface area contributed by atoms with E-state index in [0.29, 0.717) is 20.1 Å². The van der Waals surface area contributed by atoms with Crippen molar-refractivity contribution >= 4 is 46.4 Å². The SMILES string of the molecule is Clc1ccc(Cl)c(Cl)c1Cl.N. The molecular formula is C6H5Cl4N. The van der Waals surface area contributed by atoms with Crippen molar-refractivity contribution in [2.75, 3.05) is 0 Å². The maximum atomic E-state index is 5.63. The smallest absolute Gasteiger partial charge is 0.0793 e. The molecule has 0 fully saturated rings. The van der Waals surface area contributed by atoms with Crippen LogP contribution in [0.1, 0.15) is 0 Å². The summed E-state index contributed by atoms with van der Waals surface area (Å²) in [5, 5.41) is 1.43. The average molecular weight is 233 g/mol. The van der Waals surface area contributed by atoms with Gasteiger partial charge in [0.05, 0.1) is 20.1 Å². The molecule has 1 aromatic carbocycles. The van der Waals surface area contributed by atoms with Crippen molar-refractivity contribution < 1.29 is 0 Å². The summed E-state index contributed by atoms with van der Waals surface area (Å²) in [5.74, 6) is 0. The molecule has 1 aromatic rings. The van der Waals surface area contributed by atoms with Crippen LogP contribution < -0.4 is 6.15 Å². The van der Waals surface area contributed by atoms with E-state index in [-0.39, 0.29) is 6.15 Å². The molecule has 0 heterocycles. The second-order valence-corrected chi connectivity index (χ2v) is 3.23. The standard InChI is InChI=1S/C6H2Cl4.H3N/c7-3-1-2-4(8)6(10)5(3)9;/h1-2H;1H3. The predicted molar refractivity (Wildman–Crippen MR) is 51.5 cm³/mol. The Morgan fingerprint density at radius 2 is 1.00 bits per heavy atom. The Kier molecular flexibility index (Phi) is 4.52. The maximum Gasteiger partial charge on any atom is 0.0793 e. The highest BCUT2D eigenvalue weighted by molar-refractivity contribution is 6.51. The quantitative estimate of drug-likeness (QED) is 0.520. The first kappa shape index (κ1) is 11.3. The van der Waals surface area contributed by atoms with E-state index in [1.165, 1.54) is 0 Å². The third-order valence-corrected chi connectivity index (χ3v) is 2.69. The summed E-state index contributed by atoms with van der Waals surface area (Å²) in [4.78, 5) is 0. The lowest BCUT2D eigenvalue weighted by Crippen LogP contribution is -1.71. The van der Waals surface area contributed by atoms with E-state index in [2.05, 4.69) is 0 Å². The first-order chi connectivity index (χ1) is 4.63. The Bertz CT molecular complexity index is 234. The highest BCUT2D eigenvalue weighted by Gasteiger charge is 2.05. The van der Waals surface area contributed by atoms with Crippen molar-refractivity contribution in [2.45, 2.75) is 0 Å². The van der Waals surface area contributed by atoms with Gasteiger partial charge in [-0.25, -0.2) is 0 Å². The Morgan fingerprint density at radius 3 is 1.27 bits per heavy atom. The number of hydrogen-bond acceptors (Lipinski definition) is 1. The van der Waals surface area contributed by atoms with Crippen LogP contribution in [-0.4, -0.2) is 0 Å². The molecule has 0 saturated heterocycles. The minimum atomic E-state index is 0. The molecule has 5 heteroatoms. The highest BCUT2D eigenvalue weighted by atomic mass is 35.5. The van der Waals surface area contributed by atoms with Crippen molar-refractivity contribution in [3.05, 3.63) is 32.2 Å². The van der Waals surface area contributed by atoms with Crippen LogP contribution in [0.25, 0.3) is 0 Å². The Labute approximate surface area is 84.8 Å². The molecule has 0 spiro atoms. The van der Waals surface area contributed by atoms with Crippen molar-refractivity contribution in [3.63, 3.8) is 0 Å². The third-order valence-electron chi connectivity index (χ3n) is 0.988. The second-order valence-electron chi connectivity index (χ2n) is 1.66. The van der Waals surface area contributed by atoms with Crippen LogP contribution in [-0.2, 0) is 0 Å². The molecular weight excluding hydrogens is 228 g/mol. The van der Waals surface area contributed by atoms with Gasteiger partial charge in [-0.1, -0.05) is 46.4 Å². The van der Waals surface area contributed by atoms with E-state index < -0.39 is 0 Å². The largest absolute Gasteiger partial charge is 0.344 e. The molecule has 0 aromatic heterocycles. The predicted octanol–water partition coefficient (Wildman–Crippen LogP) is 4.46. The molecule has 0 radical (unpaired) electrons. The Morgan fingerprint density at radius 1 is 0.727 bits per heavy atom. The fourth-order valence-electron chi connectivity index (χ4n) is 0.502. The molecule has 0 unspecified atom stereocenters. The number of hydrogen-bond donors (Lipinski definition) is 1. The fraction of sp³-hybridized carbons (Fsp3) is 0. The van der Waals surface area contributed by atoms with Crippen LogP contribution in [0.4, 0.5) is 0 Å². The number of rotatable bonds is 0. The lowest BCUT2D eigenvalue weighted by molar-refractivity contribution is 1.70. The highest BCUT2D eigenvalue weighted by Crippen LogP contribution is 2.34. The van der Waals surface area contributed by atoms with E-state index in [1.807, 2.05) is 0 Å². The molecule has 0 bridgehead atoms. The lowest BCUT2D eigenvalue weighted by atomic mass is 10.4. The molecule has 0 amide bonds. The Balaban J connectivity index is 0.000001000. The van der Waals surface area contributed by atoms with Crippen LogP contribution in [0.15, 0.2) is 12.1 Å². The summed E-state index contributed by atoms with van der Waals surface area (Å²) in [6.45, 7) is 0. The van der Waals surface area contributed by atoms with Crippen molar-refractivity contribution in [1.29, 1.82) is 0 Å². The van der Waals surface area contributed by atoms with Gasteiger partial charge in [0.1, 0.15) is 0 Å². The maximum absolute atomic E-state index is 5.63. The van der Waals surface area contributed by atoms with Gasteiger partial charge in [0, 0.05) is 0 Å². The van der Waals surface area contributed by atoms with Crippen molar-refractivity contribution in [1.82, 2.24) is 6.15 Å². The summed E-state index contributed by atoms with van der Waals surface area (Å²) in [6, 6.07) is 3.19. The third kappa shape index (κ3) is 2.39. The molecule has 0 aliphatic rings. The number of benzene rings is 1.